The second-order valence-corrected chi connectivity index (χ2v) is 11.0. The number of benzene rings is 2. The fraction of sp³-hybridized carbons (Fsp3) is 0.167. The quantitative estimate of drug-likeness (QED) is 0.0990. The molecule has 6 rings (SSSR count). The first-order valence-corrected chi connectivity index (χ1v) is 14.6. The number of hydrogen-bond donors (Lipinski definition) is 0. The Bertz CT molecular complexity index is 1870. The summed E-state index contributed by atoms with van der Waals surface area (Å²) >= 11 is 14.1. The molecule has 0 aliphatic rings. The zero-order valence-electron chi connectivity index (χ0n) is 22.9. The minimum absolute atomic E-state index is 0.0948. The lowest BCUT2D eigenvalue weighted by Gasteiger charge is -2.05. The Hall–Kier alpha value is -3.74. The third kappa shape index (κ3) is 6.66. The zero-order valence-corrected chi connectivity index (χ0v) is 26.6. The predicted molar refractivity (Wildman–Crippen MR) is 172 cm³/mol. The van der Waals surface area contributed by atoms with Crippen LogP contribution in [0.25, 0.3) is 22.1 Å². The molecule has 0 radical (unpaired) electrons. The van der Waals surface area contributed by atoms with Gasteiger partial charge in [0.2, 0.25) is 0 Å². The third-order valence-electron chi connectivity index (χ3n) is 6.39. The smallest absolute Gasteiger partial charge is 0.180 e. The average Bonchev–Trinajstić information content (AvgIpc) is 3.50. The number of aromatic nitrogens is 6. The molecule has 0 fully saturated rings. The number of methoxy groups -OCH3 is 2. The lowest BCUT2D eigenvalue weighted by Crippen LogP contribution is -2.04. The van der Waals surface area contributed by atoms with Crippen LogP contribution in [0.4, 0.5) is 0 Å². The van der Waals surface area contributed by atoms with Crippen LogP contribution in [-0.4, -0.2) is 49.5 Å². The molecule has 6 aromatic rings. The van der Waals surface area contributed by atoms with E-state index < -0.39 is 0 Å². The van der Waals surface area contributed by atoms with Gasteiger partial charge in [-0.2, -0.15) is 10.2 Å². The van der Waals surface area contributed by atoms with Gasteiger partial charge in [-0.25, -0.2) is 19.3 Å². The van der Waals surface area contributed by atoms with Gasteiger partial charge in [-0.05, 0) is 82.2 Å². The number of Topliss-reactive ketones (excluding diaryl/α,β-unsaturated/α-hetero) is 1. The van der Waals surface area contributed by atoms with Gasteiger partial charge < -0.3 is 9.47 Å². The minimum Gasteiger partial charge on any atom is -0.497 e. The van der Waals surface area contributed by atoms with Crippen molar-refractivity contribution in [2.45, 2.75) is 20.0 Å². The Morgan fingerprint density at radius 1 is 0.714 bits per heavy atom. The van der Waals surface area contributed by atoms with E-state index in [-0.39, 0.29) is 5.78 Å². The molecule has 42 heavy (non-hydrogen) atoms. The molecule has 4 heterocycles. The number of rotatable bonds is 7. The highest BCUT2D eigenvalue weighted by atomic mass is 127. The van der Waals surface area contributed by atoms with E-state index in [1.807, 2.05) is 59.3 Å². The molecule has 0 unspecified atom stereocenters. The fourth-order valence-electron chi connectivity index (χ4n) is 4.31. The Labute approximate surface area is 265 Å². The van der Waals surface area contributed by atoms with Crippen molar-refractivity contribution in [3.63, 3.8) is 0 Å². The van der Waals surface area contributed by atoms with Crippen molar-refractivity contribution in [2.75, 3.05) is 14.2 Å². The van der Waals surface area contributed by atoms with Crippen molar-refractivity contribution < 1.29 is 14.3 Å². The molecule has 0 N–H and O–H groups in total. The number of carbonyl (C=O) groups is 1. The maximum Gasteiger partial charge on any atom is 0.180 e. The highest BCUT2D eigenvalue weighted by molar-refractivity contribution is 14.1. The summed E-state index contributed by atoms with van der Waals surface area (Å²) in [4.78, 5) is 20.4. The van der Waals surface area contributed by atoms with Gasteiger partial charge in [-0.1, -0.05) is 47.5 Å². The van der Waals surface area contributed by atoms with E-state index in [1.54, 1.807) is 37.1 Å². The van der Waals surface area contributed by atoms with Crippen LogP contribution in [0.3, 0.4) is 0 Å². The molecular formula is C30H25Cl2IN6O3. The van der Waals surface area contributed by atoms with E-state index in [4.69, 9.17) is 32.7 Å². The number of nitrogens with zero attached hydrogens (tertiary/aromatic N) is 6. The van der Waals surface area contributed by atoms with E-state index >= 15 is 0 Å². The molecule has 0 aliphatic heterocycles. The summed E-state index contributed by atoms with van der Waals surface area (Å²) in [6, 6.07) is 22.7. The van der Waals surface area contributed by atoms with Gasteiger partial charge >= 0.3 is 0 Å². The standard InChI is InChI=1S/C16H14ClN3O2.C14H11ClIN3O/c1-10(21)15-13-7-8-14(17)18-16(13)20(19-15)9-11-3-5-12(22-2)6-4-11;1-20-10-4-2-9(3-5-10)8-19-14-11(13(16)18-19)6-7-12(15)17-14/h3-8H,9H2,1-2H3;2-7H,8H2,1H3. The lowest BCUT2D eigenvalue weighted by molar-refractivity contribution is 0.101. The summed E-state index contributed by atoms with van der Waals surface area (Å²) in [7, 11) is 3.28. The highest BCUT2D eigenvalue weighted by Gasteiger charge is 2.16. The maximum atomic E-state index is 11.7. The molecule has 214 valence electrons. The van der Waals surface area contributed by atoms with Gasteiger partial charge in [-0.3, -0.25) is 4.79 Å². The summed E-state index contributed by atoms with van der Waals surface area (Å²) in [5, 5.41) is 11.5. The number of ketones is 1. The summed E-state index contributed by atoms with van der Waals surface area (Å²) < 4.78 is 14.8. The van der Waals surface area contributed by atoms with Gasteiger partial charge in [0, 0.05) is 6.92 Å². The van der Waals surface area contributed by atoms with Crippen LogP contribution in [0.15, 0.2) is 72.8 Å². The van der Waals surface area contributed by atoms with Crippen LogP contribution in [0.1, 0.15) is 28.5 Å². The van der Waals surface area contributed by atoms with Crippen molar-refractivity contribution in [3.05, 3.63) is 104 Å². The summed E-state index contributed by atoms with van der Waals surface area (Å²) in [5.41, 5.74) is 3.98. The Morgan fingerprint density at radius 2 is 1.17 bits per heavy atom. The van der Waals surface area contributed by atoms with E-state index in [9.17, 15) is 4.79 Å². The van der Waals surface area contributed by atoms with E-state index in [0.29, 0.717) is 40.1 Å². The summed E-state index contributed by atoms with van der Waals surface area (Å²) in [6.45, 7) is 2.64. The minimum atomic E-state index is -0.0948. The molecule has 0 atom stereocenters. The van der Waals surface area contributed by atoms with Crippen molar-refractivity contribution in [3.8, 4) is 11.5 Å². The molecule has 12 heteroatoms. The largest absolute Gasteiger partial charge is 0.497 e. The molecule has 9 nitrogen and oxygen atoms in total. The van der Waals surface area contributed by atoms with E-state index in [0.717, 1.165) is 37.4 Å². The van der Waals surface area contributed by atoms with Gasteiger partial charge in [-0.15, -0.1) is 0 Å². The number of halogens is 3. The second kappa shape index (κ2) is 13.1. The van der Waals surface area contributed by atoms with Crippen LogP contribution >= 0.6 is 45.8 Å². The Kier molecular flexibility index (Phi) is 9.24. The monoisotopic (exact) mass is 714 g/mol. The average molecular weight is 715 g/mol. The van der Waals surface area contributed by atoms with Crippen LogP contribution in [-0.2, 0) is 13.1 Å². The van der Waals surface area contributed by atoms with Crippen molar-refractivity contribution in [1.82, 2.24) is 29.5 Å². The van der Waals surface area contributed by atoms with Crippen LogP contribution in [0.2, 0.25) is 10.3 Å². The van der Waals surface area contributed by atoms with Crippen LogP contribution in [0, 0.1) is 3.70 Å². The third-order valence-corrected chi connectivity index (χ3v) is 7.61. The summed E-state index contributed by atoms with van der Waals surface area (Å²) in [5.74, 6) is 1.54. The molecule has 0 bridgehead atoms. The van der Waals surface area contributed by atoms with Crippen molar-refractivity contribution in [2.24, 2.45) is 0 Å². The molecule has 0 saturated heterocycles. The number of carbonyl (C=O) groups excluding carboxylic acids is 1. The molecular weight excluding hydrogens is 690 g/mol. The first-order valence-electron chi connectivity index (χ1n) is 12.7. The molecule has 0 aliphatic carbocycles. The zero-order chi connectivity index (χ0) is 29.8. The van der Waals surface area contributed by atoms with Gasteiger partial charge in [0.1, 0.15) is 31.2 Å². The highest BCUT2D eigenvalue weighted by Crippen LogP contribution is 2.23. The van der Waals surface area contributed by atoms with Crippen molar-refractivity contribution in [1.29, 1.82) is 0 Å². The topological polar surface area (TPSA) is 97.0 Å². The first kappa shape index (κ1) is 29.7. The van der Waals surface area contributed by atoms with Gasteiger partial charge in [0.25, 0.3) is 0 Å². The molecule has 0 amide bonds. The molecule has 2 aromatic carbocycles. The van der Waals surface area contributed by atoms with Gasteiger partial charge in [0.05, 0.1) is 38.1 Å². The molecule has 4 aromatic heterocycles. The van der Waals surface area contributed by atoms with Crippen LogP contribution in [0.5, 0.6) is 11.5 Å². The predicted octanol–water partition coefficient (Wildman–Crippen LogP) is 7.09. The van der Waals surface area contributed by atoms with Gasteiger partial charge in [0.15, 0.2) is 17.1 Å². The second-order valence-electron chi connectivity index (χ2n) is 9.22. The van der Waals surface area contributed by atoms with Crippen molar-refractivity contribution >= 4 is 73.6 Å². The van der Waals surface area contributed by atoms with E-state index in [1.165, 1.54) is 6.92 Å². The SMILES string of the molecule is COc1ccc(Cn2nc(C(C)=O)c3ccc(Cl)nc32)cc1.COc1ccc(Cn2nc(I)c3ccc(Cl)nc32)cc1. The fourth-order valence-corrected chi connectivity index (χ4v) is 5.27. The normalized spacial score (nSPS) is 10.9. The lowest BCUT2D eigenvalue weighted by atomic mass is 10.2. The maximum absolute atomic E-state index is 11.7. The number of pyridine rings is 2. The number of ether oxygens (including phenoxy) is 2. The number of hydrogen-bond acceptors (Lipinski definition) is 7. The van der Waals surface area contributed by atoms with E-state index in [2.05, 4.69) is 42.8 Å². The molecule has 0 saturated carbocycles. The Morgan fingerprint density at radius 3 is 1.64 bits per heavy atom. The van der Waals surface area contributed by atoms with Crippen LogP contribution < -0.4 is 9.47 Å². The first-order chi connectivity index (χ1) is 20.2. The summed E-state index contributed by atoms with van der Waals surface area (Å²) in [6.07, 6.45) is 0. The molecule has 0 spiro atoms. The number of fused-ring (bicyclic) bond motifs is 2. The Balaban J connectivity index is 0.000000169.